The summed E-state index contributed by atoms with van der Waals surface area (Å²) in [6.07, 6.45) is -2.68. The van der Waals surface area contributed by atoms with Gasteiger partial charge in [-0.25, -0.2) is 0 Å². The van der Waals surface area contributed by atoms with Gasteiger partial charge in [0.15, 0.2) is 6.61 Å². The largest absolute Gasteiger partial charge is 0.484 e. The van der Waals surface area contributed by atoms with E-state index in [2.05, 4.69) is 12.1 Å². The van der Waals surface area contributed by atoms with Crippen LogP contribution in [0.4, 0.5) is 13.2 Å². The first-order chi connectivity index (χ1) is 12.4. The molecule has 1 saturated heterocycles. The predicted molar refractivity (Wildman–Crippen MR) is 91.9 cm³/mol. The molecular formula is C20H20F3NO2. The maximum absolute atomic E-state index is 12.7. The second-order valence-corrected chi connectivity index (χ2v) is 6.38. The van der Waals surface area contributed by atoms with Crippen molar-refractivity contribution in [2.45, 2.75) is 24.9 Å². The number of hydrogen-bond donors (Lipinski definition) is 0. The quantitative estimate of drug-likeness (QED) is 0.801. The molecule has 1 aliphatic rings. The number of carbonyl (C=O) groups excluding carboxylic acids is 1. The third kappa shape index (κ3) is 4.56. The standard InChI is InChI=1S/C20H20F3NO2/c21-20(22,23)17-7-4-8-18(13-17)26-14-19(25)24-11-9-16(10-12-24)15-5-2-1-3-6-15/h1-8,13,16H,9-12,14H2. The van der Waals surface area contributed by atoms with E-state index < -0.39 is 11.7 Å². The first kappa shape index (κ1) is 18.3. The van der Waals surface area contributed by atoms with Crippen molar-refractivity contribution >= 4 is 5.91 Å². The van der Waals surface area contributed by atoms with Crippen molar-refractivity contribution in [3.63, 3.8) is 0 Å². The molecule has 0 N–H and O–H groups in total. The number of piperidine rings is 1. The van der Waals surface area contributed by atoms with E-state index in [1.807, 2.05) is 18.2 Å². The highest BCUT2D eigenvalue weighted by Gasteiger charge is 2.30. The minimum atomic E-state index is -4.43. The third-order valence-electron chi connectivity index (χ3n) is 4.64. The minimum absolute atomic E-state index is 0.0485. The zero-order valence-corrected chi connectivity index (χ0v) is 14.2. The Morgan fingerprint density at radius 2 is 1.73 bits per heavy atom. The van der Waals surface area contributed by atoms with E-state index in [-0.39, 0.29) is 18.3 Å². The average molecular weight is 363 g/mol. The molecule has 0 spiro atoms. The van der Waals surface area contributed by atoms with E-state index >= 15 is 0 Å². The lowest BCUT2D eigenvalue weighted by Gasteiger charge is -2.32. The molecule has 0 aromatic heterocycles. The first-order valence-electron chi connectivity index (χ1n) is 8.56. The number of halogens is 3. The summed E-state index contributed by atoms with van der Waals surface area (Å²) in [5, 5.41) is 0. The lowest BCUT2D eigenvalue weighted by Crippen LogP contribution is -2.40. The summed E-state index contributed by atoms with van der Waals surface area (Å²) in [6, 6.07) is 14.8. The molecule has 6 heteroatoms. The molecule has 2 aromatic rings. The maximum Gasteiger partial charge on any atom is 0.416 e. The van der Waals surface area contributed by atoms with Gasteiger partial charge in [-0.1, -0.05) is 36.4 Å². The Balaban J connectivity index is 1.51. The molecule has 0 bridgehead atoms. The number of alkyl halides is 3. The number of ether oxygens (including phenoxy) is 1. The molecule has 1 fully saturated rings. The molecule has 1 amide bonds. The number of likely N-dealkylation sites (tertiary alicyclic amines) is 1. The molecule has 0 unspecified atom stereocenters. The lowest BCUT2D eigenvalue weighted by molar-refractivity contribution is -0.137. The Morgan fingerprint density at radius 1 is 1.04 bits per heavy atom. The van der Waals surface area contributed by atoms with Gasteiger partial charge >= 0.3 is 6.18 Å². The smallest absolute Gasteiger partial charge is 0.416 e. The SMILES string of the molecule is O=C(COc1cccc(C(F)(F)F)c1)N1CCC(c2ccccc2)CC1. The topological polar surface area (TPSA) is 29.5 Å². The summed E-state index contributed by atoms with van der Waals surface area (Å²) in [7, 11) is 0. The molecule has 2 aromatic carbocycles. The zero-order valence-electron chi connectivity index (χ0n) is 14.2. The van der Waals surface area contributed by atoms with Crippen LogP contribution < -0.4 is 4.74 Å². The molecule has 3 nitrogen and oxygen atoms in total. The van der Waals surface area contributed by atoms with Crippen LogP contribution in [0.1, 0.15) is 29.9 Å². The van der Waals surface area contributed by atoms with Crippen LogP contribution in [-0.2, 0) is 11.0 Å². The van der Waals surface area contributed by atoms with E-state index in [4.69, 9.17) is 4.74 Å². The number of rotatable bonds is 4. The van der Waals surface area contributed by atoms with Crippen molar-refractivity contribution in [1.82, 2.24) is 4.90 Å². The summed E-state index contributed by atoms with van der Waals surface area (Å²) in [4.78, 5) is 14.0. The molecule has 0 atom stereocenters. The van der Waals surface area contributed by atoms with Crippen LogP contribution in [0.2, 0.25) is 0 Å². The van der Waals surface area contributed by atoms with Gasteiger partial charge in [0, 0.05) is 13.1 Å². The minimum Gasteiger partial charge on any atom is -0.484 e. The molecule has 138 valence electrons. The maximum atomic E-state index is 12.7. The predicted octanol–water partition coefficient (Wildman–Crippen LogP) is 4.49. The molecule has 1 heterocycles. The average Bonchev–Trinajstić information content (AvgIpc) is 2.66. The second-order valence-electron chi connectivity index (χ2n) is 6.38. The van der Waals surface area contributed by atoms with Crippen molar-refractivity contribution in [2.24, 2.45) is 0 Å². The molecule has 0 saturated carbocycles. The monoisotopic (exact) mass is 363 g/mol. The van der Waals surface area contributed by atoms with Crippen molar-refractivity contribution in [3.05, 3.63) is 65.7 Å². The molecule has 0 aliphatic carbocycles. The van der Waals surface area contributed by atoms with Gasteiger partial charge in [-0.15, -0.1) is 0 Å². The number of amides is 1. The number of hydrogen-bond acceptors (Lipinski definition) is 2. The van der Waals surface area contributed by atoms with E-state index in [1.165, 1.54) is 17.7 Å². The number of nitrogens with zero attached hydrogens (tertiary/aromatic N) is 1. The third-order valence-corrected chi connectivity index (χ3v) is 4.64. The van der Waals surface area contributed by atoms with Crippen molar-refractivity contribution in [1.29, 1.82) is 0 Å². The van der Waals surface area contributed by atoms with Gasteiger partial charge in [-0.3, -0.25) is 4.79 Å². The molecular weight excluding hydrogens is 343 g/mol. The Bertz CT molecular complexity index is 738. The normalized spacial score (nSPS) is 15.7. The highest BCUT2D eigenvalue weighted by atomic mass is 19.4. The van der Waals surface area contributed by atoms with Gasteiger partial charge in [-0.2, -0.15) is 13.2 Å². The van der Waals surface area contributed by atoms with Crippen molar-refractivity contribution in [3.8, 4) is 5.75 Å². The van der Waals surface area contributed by atoms with Crippen LogP contribution in [0.3, 0.4) is 0 Å². The van der Waals surface area contributed by atoms with Gasteiger partial charge in [0.1, 0.15) is 5.75 Å². The molecule has 1 aliphatic heterocycles. The van der Waals surface area contributed by atoms with E-state index in [0.717, 1.165) is 25.0 Å². The van der Waals surface area contributed by atoms with Gasteiger partial charge in [-0.05, 0) is 42.5 Å². The fourth-order valence-corrected chi connectivity index (χ4v) is 3.19. The van der Waals surface area contributed by atoms with Gasteiger partial charge in [0.05, 0.1) is 5.56 Å². The van der Waals surface area contributed by atoms with Crippen LogP contribution >= 0.6 is 0 Å². The summed E-state index contributed by atoms with van der Waals surface area (Å²) >= 11 is 0. The zero-order chi connectivity index (χ0) is 18.6. The Labute approximate surface area is 150 Å². The van der Waals surface area contributed by atoms with E-state index in [1.54, 1.807) is 4.90 Å². The van der Waals surface area contributed by atoms with Crippen molar-refractivity contribution < 1.29 is 22.7 Å². The summed E-state index contributed by atoms with van der Waals surface area (Å²) in [6.45, 7) is 1.01. The van der Waals surface area contributed by atoms with Gasteiger partial charge in [0.25, 0.3) is 5.91 Å². The molecule has 26 heavy (non-hydrogen) atoms. The van der Waals surface area contributed by atoms with E-state index in [9.17, 15) is 18.0 Å². The lowest BCUT2D eigenvalue weighted by atomic mass is 9.89. The summed E-state index contributed by atoms with van der Waals surface area (Å²) in [5.41, 5.74) is 0.492. The van der Waals surface area contributed by atoms with Crippen LogP contribution in [0.25, 0.3) is 0 Å². The van der Waals surface area contributed by atoms with Gasteiger partial charge < -0.3 is 9.64 Å². The first-order valence-corrected chi connectivity index (χ1v) is 8.56. The highest BCUT2D eigenvalue weighted by Crippen LogP contribution is 2.31. The Morgan fingerprint density at radius 3 is 2.38 bits per heavy atom. The fraction of sp³-hybridized carbons (Fsp3) is 0.350. The fourth-order valence-electron chi connectivity index (χ4n) is 3.19. The second kappa shape index (κ2) is 7.81. The van der Waals surface area contributed by atoms with Crippen LogP contribution in [0, 0.1) is 0 Å². The Kier molecular flexibility index (Phi) is 5.49. The summed E-state index contributed by atoms with van der Waals surface area (Å²) < 4.78 is 43.4. The molecule has 3 rings (SSSR count). The number of carbonyl (C=O) groups is 1. The summed E-state index contributed by atoms with van der Waals surface area (Å²) in [5.74, 6) is 0.283. The van der Waals surface area contributed by atoms with Crippen LogP contribution in [0.5, 0.6) is 5.75 Å². The van der Waals surface area contributed by atoms with Gasteiger partial charge in [0.2, 0.25) is 0 Å². The molecule has 0 radical (unpaired) electrons. The van der Waals surface area contributed by atoms with Crippen LogP contribution in [-0.4, -0.2) is 30.5 Å². The van der Waals surface area contributed by atoms with E-state index in [0.29, 0.717) is 19.0 Å². The highest BCUT2D eigenvalue weighted by molar-refractivity contribution is 5.77. The Hall–Kier alpha value is -2.50. The van der Waals surface area contributed by atoms with Crippen molar-refractivity contribution in [2.75, 3.05) is 19.7 Å². The number of benzene rings is 2. The van der Waals surface area contributed by atoms with Crippen LogP contribution in [0.15, 0.2) is 54.6 Å².